The molecule has 1 N–H and O–H groups in total. The largest absolute Gasteiger partial charge is 0.497 e. The standard InChI is InChI=1S/C18H24N2O2/c1-13(2)10-19-11-15-12-20(14(3)8-18(15)21)16-6-5-7-17(9-16)22-4/h5-9,12-13,19H,10-11H2,1-4H3. The topological polar surface area (TPSA) is 43.3 Å². The van der Waals surface area contributed by atoms with Crippen molar-refractivity contribution in [3.05, 3.63) is 58.0 Å². The normalized spacial score (nSPS) is 11.0. The van der Waals surface area contributed by atoms with Crippen molar-refractivity contribution >= 4 is 0 Å². The lowest BCUT2D eigenvalue weighted by atomic mass is 10.2. The Morgan fingerprint density at radius 3 is 2.73 bits per heavy atom. The van der Waals surface area contributed by atoms with Crippen LogP contribution in [0.25, 0.3) is 5.69 Å². The fraction of sp³-hybridized carbons (Fsp3) is 0.389. The van der Waals surface area contributed by atoms with E-state index in [2.05, 4.69) is 19.2 Å². The lowest BCUT2D eigenvalue weighted by Crippen LogP contribution is -2.24. The van der Waals surface area contributed by atoms with E-state index in [1.54, 1.807) is 13.2 Å². The second kappa shape index (κ2) is 7.27. The first-order valence-electron chi connectivity index (χ1n) is 7.58. The van der Waals surface area contributed by atoms with E-state index in [-0.39, 0.29) is 5.43 Å². The van der Waals surface area contributed by atoms with Crippen LogP contribution in [0.5, 0.6) is 5.75 Å². The number of pyridine rings is 1. The second-order valence-corrected chi connectivity index (χ2v) is 5.90. The molecule has 2 rings (SSSR count). The smallest absolute Gasteiger partial charge is 0.186 e. The van der Waals surface area contributed by atoms with Crippen LogP contribution in [0.1, 0.15) is 25.1 Å². The van der Waals surface area contributed by atoms with Crippen LogP contribution in [0.3, 0.4) is 0 Å². The summed E-state index contributed by atoms with van der Waals surface area (Å²) in [4.78, 5) is 12.1. The molecular formula is C18H24N2O2. The van der Waals surface area contributed by atoms with Gasteiger partial charge in [0.2, 0.25) is 0 Å². The monoisotopic (exact) mass is 300 g/mol. The van der Waals surface area contributed by atoms with E-state index >= 15 is 0 Å². The number of hydrogen-bond donors (Lipinski definition) is 1. The van der Waals surface area contributed by atoms with Gasteiger partial charge >= 0.3 is 0 Å². The summed E-state index contributed by atoms with van der Waals surface area (Å²) in [5, 5.41) is 3.32. The van der Waals surface area contributed by atoms with Crippen molar-refractivity contribution in [2.75, 3.05) is 13.7 Å². The van der Waals surface area contributed by atoms with Gasteiger partial charge in [-0.1, -0.05) is 19.9 Å². The van der Waals surface area contributed by atoms with Crippen LogP contribution in [-0.2, 0) is 6.54 Å². The molecule has 0 spiro atoms. The van der Waals surface area contributed by atoms with Crippen LogP contribution in [-0.4, -0.2) is 18.2 Å². The number of nitrogens with zero attached hydrogens (tertiary/aromatic N) is 1. The van der Waals surface area contributed by atoms with Gasteiger partial charge in [0.1, 0.15) is 5.75 Å². The first-order valence-corrected chi connectivity index (χ1v) is 7.58. The third-order valence-corrected chi connectivity index (χ3v) is 3.52. The van der Waals surface area contributed by atoms with Crippen molar-refractivity contribution in [3.8, 4) is 11.4 Å². The van der Waals surface area contributed by atoms with Crippen LogP contribution in [0.15, 0.2) is 41.3 Å². The summed E-state index contributed by atoms with van der Waals surface area (Å²) < 4.78 is 7.30. The van der Waals surface area contributed by atoms with Crippen molar-refractivity contribution in [2.24, 2.45) is 5.92 Å². The van der Waals surface area contributed by atoms with Crippen molar-refractivity contribution in [2.45, 2.75) is 27.3 Å². The zero-order chi connectivity index (χ0) is 16.1. The Kier molecular flexibility index (Phi) is 5.39. The van der Waals surface area contributed by atoms with Gasteiger partial charge in [0, 0.05) is 41.8 Å². The average molecular weight is 300 g/mol. The third kappa shape index (κ3) is 3.98. The molecular weight excluding hydrogens is 276 g/mol. The molecule has 0 aliphatic carbocycles. The number of methoxy groups -OCH3 is 1. The first-order chi connectivity index (χ1) is 10.5. The molecule has 118 valence electrons. The van der Waals surface area contributed by atoms with Crippen LogP contribution in [0.4, 0.5) is 0 Å². The Balaban J connectivity index is 2.33. The summed E-state index contributed by atoms with van der Waals surface area (Å²) in [7, 11) is 1.65. The Morgan fingerprint density at radius 1 is 1.27 bits per heavy atom. The highest BCUT2D eigenvalue weighted by molar-refractivity contribution is 5.41. The van der Waals surface area contributed by atoms with E-state index in [4.69, 9.17) is 4.74 Å². The summed E-state index contributed by atoms with van der Waals surface area (Å²) >= 11 is 0. The molecule has 1 aromatic heterocycles. The summed E-state index contributed by atoms with van der Waals surface area (Å²) in [5.74, 6) is 1.36. The van der Waals surface area contributed by atoms with E-state index in [0.717, 1.165) is 29.2 Å². The summed E-state index contributed by atoms with van der Waals surface area (Å²) in [6, 6.07) is 9.51. The van der Waals surface area contributed by atoms with Gasteiger partial charge < -0.3 is 14.6 Å². The quantitative estimate of drug-likeness (QED) is 0.892. The van der Waals surface area contributed by atoms with Gasteiger partial charge in [-0.3, -0.25) is 4.79 Å². The van der Waals surface area contributed by atoms with Gasteiger partial charge in [0.25, 0.3) is 0 Å². The first kappa shape index (κ1) is 16.3. The zero-order valence-electron chi connectivity index (χ0n) is 13.7. The van der Waals surface area contributed by atoms with E-state index in [0.29, 0.717) is 12.5 Å². The molecule has 0 amide bonds. The van der Waals surface area contributed by atoms with Gasteiger partial charge in [-0.2, -0.15) is 0 Å². The predicted molar refractivity (Wildman–Crippen MR) is 89.9 cm³/mol. The number of rotatable bonds is 6. The van der Waals surface area contributed by atoms with Gasteiger partial charge in [-0.05, 0) is 31.5 Å². The Hall–Kier alpha value is -2.07. The number of benzene rings is 1. The van der Waals surface area contributed by atoms with Crippen molar-refractivity contribution in [3.63, 3.8) is 0 Å². The average Bonchev–Trinajstić information content (AvgIpc) is 2.49. The molecule has 0 saturated carbocycles. The summed E-state index contributed by atoms with van der Waals surface area (Å²) in [6.45, 7) is 7.72. The third-order valence-electron chi connectivity index (χ3n) is 3.52. The Labute approximate surface area is 131 Å². The highest BCUT2D eigenvalue weighted by Gasteiger charge is 2.07. The minimum Gasteiger partial charge on any atom is -0.497 e. The van der Waals surface area contributed by atoms with Gasteiger partial charge in [-0.25, -0.2) is 0 Å². The highest BCUT2D eigenvalue weighted by Crippen LogP contribution is 2.17. The van der Waals surface area contributed by atoms with Gasteiger partial charge in [0.05, 0.1) is 7.11 Å². The molecule has 1 heterocycles. The van der Waals surface area contributed by atoms with E-state index in [1.807, 2.05) is 42.0 Å². The lowest BCUT2D eigenvalue weighted by Gasteiger charge is -2.14. The minimum atomic E-state index is 0.0768. The van der Waals surface area contributed by atoms with Crippen LogP contribution in [0, 0.1) is 12.8 Å². The van der Waals surface area contributed by atoms with Crippen LogP contribution >= 0.6 is 0 Å². The molecule has 0 aliphatic rings. The summed E-state index contributed by atoms with van der Waals surface area (Å²) in [6.07, 6.45) is 1.92. The second-order valence-electron chi connectivity index (χ2n) is 5.90. The van der Waals surface area contributed by atoms with Crippen molar-refractivity contribution in [1.82, 2.24) is 9.88 Å². The van der Waals surface area contributed by atoms with Crippen LogP contribution < -0.4 is 15.5 Å². The molecule has 0 bridgehead atoms. The maximum absolute atomic E-state index is 12.1. The number of aromatic nitrogens is 1. The maximum atomic E-state index is 12.1. The SMILES string of the molecule is COc1cccc(-n2cc(CNCC(C)C)c(=O)cc2C)c1. The fourth-order valence-electron chi connectivity index (χ4n) is 2.34. The number of nitrogens with one attached hydrogen (secondary N) is 1. The lowest BCUT2D eigenvalue weighted by molar-refractivity contribution is 0.414. The highest BCUT2D eigenvalue weighted by atomic mass is 16.5. The Bertz CT molecular complexity index is 690. The number of ether oxygens (including phenoxy) is 1. The molecule has 0 atom stereocenters. The summed E-state index contributed by atoms with van der Waals surface area (Å²) in [5.41, 5.74) is 2.75. The Morgan fingerprint density at radius 2 is 2.05 bits per heavy atom. The molecule has 0 radical (unpaired) electrons. The molecule has 0 aliphatic heterocycles. The molecule has 0 saturated heterocycles. The van der Waals surface area contributed by atoms with Crippen molar-refractivity contribution < 1.29 is 4.74 Å². The molecule has 0 unspecified atom stereocenters. The van der Waals surface area contributed by atoms with E-state index in [1.165, 1.54) is 0 Å². The number of hydrogen-bond acceptors (Lipinski definition) is 3. The molecule has 1 aromatic carbocycles. The number of aryl methyl sites for hydroxylation is 1. The van der Waals surface area contributed by atoms with Gasteiger partial charge in [-0.15, -0.1) is 0 Å². The maximum Gasteiger partial charge on any atom is 0.186 e. The van der Waals surface area contributed by atoms with E-state index in [9.17, 15) is 4.79 Å². The van der Waals surface area contributed by atoms with E-state index < -0.39 is 0 Å². The van der Waals surface area contributed by atoms with Crippen LogP contribution in [0.2, 0.25) is 0 Å². The molecule has 22 heavy (non-hydrogen) atoms. The molecule has 4 heteroatoms. The predicted octanol–water partition coefficient (Wildman–Crippen LogP) is 2.90. The van der Waals surface area contributed by atoms with Gasteiger partial charge in [0.15, 0.2) is 5.43 Å². The van der Waals surface area contributed by atoms with Crippen molar-refractivity contribution in [1.29, 1.82) is 0 Å². The zero-order valence-corrected chi connectivity index (χ0v) is 13.7. The molecule has 2 aromatic rings. The molecule has 0 fully saturated rings. The fourth-order valence-corrected chi connectivity index (χ4v) is 2.34. The molecule has 4 nitrogen and oxygen atoms in total. The minimum absolute atomic E-state index is 0.0768.